The van der Waals surface area contributed by atoms with Crippen LogP contribution in [-0.2, 0) is 21.4 Å². The number of nitrogens with zero attached hydrogens (tertiary/aromatic N) is 3. The molecule has 176 valence electrons. The second kappa shape index (κ2) is 11.2. The van der Waals surface area contributed by atoms with Crippen molar-refractivity contribution >= 4 is 51.0 Å². The van der Waals surface area contributed by atoms with E-state index in [1.165, 1.54) is 48.7 Å². The predicted octanol–water partition coefficient (Wildman–Crippen LogP) is 4.24. The van der Waals surface area contributed by atoms with Crippen LogP contribution in [0, 0.1) is 10.1 Å². The molecule has 3 aromatic rings. The molecule has 1 N–H and O–H groups in total. The number of nitro benzene ring substituents is 1. The average molecular weight is 521 g/mol. The molecule has 0 aliphatic heterocycles. The first-order valence-electron chi connectivity index (χ1n) is 9.72. The van der Waals surface area contributed by atoms with Crippen LogP contribution in [0.3, 0.4) is 0 Å². The Kier molecular flexibility index (Phi) is 8.35. The maximum Gasteiger partial charge on any atom is 0.270 e. The fourth-order valence-electron chi connectivity index (χ4n) is 2.91. The minimum absolute atomic E-state index is 0.0353. The third-order valence-corrected chi connectivity index (χ3v) is 6.80. The van der Waals surface area contributed by atoms with Crippen LogP contribution in [-0.4, -0.2) is 36.3 Å². The number of carbonyl (C=O) groups is 1. The van der Waals surface area contributed by atoms with Gasteiger partial charge in [-0.15, -0.1) is 0 Å². The lowest BCUT2D eigenvalue weighted by molar-refractivity contribution is -0.384. The molecule has 0 heterocycles. The number of non-ortho nitro benzene ring substituents is 1. The van der Waals surface area contributed by atoms with E-state index in [1.807, 2.05) is 0 Å². The first-order chi connectivity index (χ1) is 16.1. The number of rotatable bonds is 9. The molecular weight excluding hydrogens is 503 g/mol. The Balaban J connectivity index is 1.79. The summed E-state index contributed by atoms with van der Waals surface area (Å²) in [4.78, 5) is 22.8. The summed E-state index contributed by atoms with van der Waals surface area (Å²) in [5.41, 5.74) is 3.09. The van der Waals surface area contributed by atoms with E-state index in [9.17, 15) is 23.3 Å². The summed E-state index contributed by atoms with van der Waals surface area (Å²) in [7, 11) is -4.07. The van der Waals surface area contributed by atoms with E-state index in [1.54, 1.807) is 30.3 Å². The average Bonchev–Trinajstić information content (AvgIpc) is 2.79. The minimum atomic E-state index is -4.07. The molecule has 9 nitrogen and oxygen atoms in total. The molecule has 0 radical (unpaired) electrons. The van der Waals surface area contributed by atoms with Crippen molar-refractivity contribution in [2.45, 2.75) is 11.4 Å². The van der Waals surface area contributed by atoms with Crippen LogP contribution in [0.15, 0.2) is 82.8 Å². The van der Waals surface area contributed by atoms with E-state index in [4.69, 9.17) is 23.2 Å². The smallest absolute Gasteiger partial charge is 0.270 e. The Morgan fingerprint density at radius 1 is 1.03 bits per heavy atom. The number of nitrogens with one attached hydrogen (secondary N) is 1. The van der Waals surface area contributed by atoms with Crippen LogP contribution in [0.4, 0.5) is 5.69 Å². The molecule has 3 rings (SSSR count). The van der Waals surface area contributed by atoms with E-state index in [2.05, 4.69) is 10.5 Å². The lowest BCUT2D eigenvalue weighted by atomic mass is 10.2. The second-order valence-corrected chi connectivity index (χ2v) is 9.81. The van der Waals surface area contributed by atoms with E-state index >= 15 is 0 Å². The van der Waals surface area contributed by atoms with Gasteiger partial charge in [-0.1, -0.05) is 47.5 Å². The summed E-state index contributed by atoms with van der Waals surface area (Å²) in [5.74, 6) is -0.707. The molecule has 0 atom stereocenters. The fraction of sp³-hybridized carbons (Fsp3) is 0.0909. The molecule has 0 aliphatic carbocycles. The van der Waals surface area contributed by atoms with Gasteiger partial charge in [-0.3, -0.25) is 14.9 Å². The zero-order valence-electron chi connectivity index (χ0n) is 17.5. The molecule has 0 fully saturated rings. The summed E-state index contributed by atoms with van der Waals surface area (Å²) in [5, 5.41) is 15.4. The van der Waals surface area contributed by atoms with E-state index in [0.717, 1.165) is 4.31 Å². The second-order valence-electron chi connectivity index (χ2n) is 7.00. The topological polar surface area (TPSA) is 122 Å². The van der Waals surface area contributed by atoms with Gasteiger partial charge in [0, 0.05) is 34.3 Å². The number of hydrogen-bond donors (Lipinski definition) is 1. The number of sulfonamides is 1. The molecule has 0 bridgehead atoms. The van der Waals surface area contributed by atoms with Crippen LogP contribution in [0.25, 0.3) is 0 Å². The van der Waals surface area contributed by atoms with Crippen molar-refractivity contribution in [1.82, 2.24) is 9.73 Å². The number of hydrazone groups is 1. The zero-order chi connectivity index (χ0) is 24.7. The van der Waals surface area contributed by atoms with Gasteiger partial charge < -0.3 is 0 Å². The van der Waals surface area contributed by atoms with Crippen LogP contribution >= 0.6 is 23.2 Å². The predicted molar refractivity (Wildman–Crippen MR) is 129 cm³/mol. The highest BCUT2D eigenvalue weighted by molar-refractivity contribution is 7.89. The van der Waals surface area contributed by atoms with Gasteiger partial charge in [-0.05, 0) is 42.0 Å². The zero-order valence-corrected chi connectivity index (χ0v) is 19.8. The van der Waals surface area contributed by atoms with Gasteiger partial charge in [-0.2, -0.15) is 9.41 Å². The van der Waals surface area contributed by atoms with Crippen molar-refractivity contribution in [3.63, 3.8) is 0 Å². The van der Waals surface area contributed by atoms with Gasteiger partial charge in [0.1, 0.15) is 0 Å². The third kappa shape index (κ3) is 6.84. The fourth-order valence-corrected chi connectivity index (χ4v) is 4.64. The summed E-state index contributed by atoms with van der Waals surface area (Å²) in [6.45, 7) is -0.655. The maximum atomic E-state index is 13.2. The number of halogens is 2. The van der Waals surface area contributed by atoms with E-state index in [0.29, 0.717) is 21.2 Å². The third-order valence-electron chi connectivity index (χ3n) is 4.50. The highest BCUT2D eigenvalue weighted by Gasteiger charge is 2.27. The Morgan fingerprint density at radius 2 is 1.74 bits per heavy atom. The molecule has 0 unspecified atom stereocenters. The maximum absolute atomic E-state index is 13.2. The Hall–Kier alpha value is -3.31. The van der Waals surface area contributed by atoms with Gasteiger partial charge in [-0.25, -0.2) is 13.8 Å². The van der Waals surface area contributed by atoms with Crippen LogP contribution in [0.2, 0.25) is 10.0 Å². The summed E-state index contributed by atoms with van der Waals surface area (Å²) in [6.07, 6.45) is 1.22. The molecule has 0 aromatic heterocycles. The lowest BCUT2D eigenvalue weighted by Gasteiger charge is -2.21. The number of hydrogen-bond acceptors (Lipinski definition) is 6. The Labute approximate surface area is 205 Å². The van der Waals surface area contributed by atoms with Gasteiger partial charge in [0.25, 0.3) is 11.6 Å². The van der Waals surface area contributed by atoms with Crippen molar-refractivity contribution in [3.05, 3.63) is 104 Å². The van der Waals surface area contributed by atoms with E-state index < -0.39 is 27.4 Å². The first-order valence-corrected chi connectivity index (χ1v) is 11.9. The van der Waals surface area contributed by atoms with Crippen molar-refractivity contribution in [3.8, 4) is 0 Å². The molecular formula is C22H18Cl2N4O5S. The van der Waals surface area contributed by atoms with E-state index in [-0.39, 0.29) is 17.1 Å². The standard InChI is InChI=1S/C22H18Cl2N4O5S/c23-18-7-9-21(10-8-18)34(32,33)27(14-17-4-1-5-19(24)11-17)15-22(29)26-25-13-16-3-2-6-20(12-16)28(30)31/h1-13H,14-15H2,(H,26,29)/b25-13-. The highest BCUT2D eigenvalue weighted by atomic mass is 35.5. The first kappa shape index (κ1) is 25.3. The molecule has 0 saturated carbocycles. The van der Waals surface area contributed by atoms with Crippen molar-refractivity contribution in [1.29, 1.82) is 0 Å². The van der Waals surface area contributed by atoms with Crippen LogP contribution in [0.1, 0.15) is 11.1 Å². The molecule has 0 spiro atoms. The van der Waals surface area contributed by atoms with Gasteiger partial charge in [0.15, 0.2) is 0 Å². The molecule has 0 aliphatic rings. The van der Waals surface area contributed by atoms with Gasteiger partial charge >= 0.3 is 0 Å². The highest BCUT2D eigenvalue weighted by Crippen LogP contribution is 2.21. The quantitative estimate of drug-likeness (QED) is 0.256. The SMILES string of the molecule is O=C(CN(Cc1cccc(Cl)c1)S(=O)(=O)c1ccc(Cl)cc1)N/N=C\c1cccc([N+](=O)[O-])c1. The van der Waals surface area contributed by atoms with Gasteiger partial charge in [0.2, 0.25) is 10.0 Å². The van der Waals surface area contributed by atoms with Crippen molar-refractivity contribution in [2.24, 2.45) is 5.10 Å². The number of benzene rings is 3. The number of carbonyl (C=O) groups excluding carboxylic acids is 1. The van der Waals surface area contributed by atoms with Crippen molar-refractivity contribution in [2.75, 3.05) is 6.54 Å². The Morgan fingerprint density at radius 3 is 2.41 bits per heavy atom. The molecule has 34 heavy (non-hydrogen) atoms. The molecule has 3 aromatic carbocycles. The van der Waals surface area contributed by atoms with Crippen molar-refractivity contribution < 1.29 is 18.1 Å². The molecule has 1 amide bonds. The summed E-state index contributed by atoms with van der Waals surface area (Å²) < 4.78 is 27.5. The van der Waals surface area contributed by atoms with Crippen LogP contribution in [0.5, 0.6) is 0 Å². The molecule has 0 saturated heterocycles. The minimum Gasteiger partial charge on any atom is -0.272 e. The number of amides is 1. The van der Waals surface area contributed by atoms with Gasteiger partial charge in [0.05, 0.1) is 22.6 Å². The number of nitro groups is 1. The Bertz CT molecular complexity index is 1330. The summed E-state index contributed by atoms with van der Waals surface area (Å²) >= 11 is 11.9. The van der Waals surface area contributed by atoms with Crippen LogP contribution < -0.4 is 5.43 Å². The molecule has 12 heteroatoms. The lowest BCUT2D eigenvalue weighted by Crippen LogP contribution is -2.39. The summed E-state index contributed by atoms with van der Waals surface area (Å²) in [6, 6.07) is 17.8. The normalized spacial score (nSPS) is 11.6. The monoisotopic (exact) mass is 520 g/mol. The largest absolute Gasteiger partial charge is 0.272 e.